The Morgan fingerprint density at radius 2 is 2.21 bits per heavy atom. The Kier molecular flexibility index (Phi) is 4.30. The largest absolute Gasteiger partial charge is 0.465 e. The Morgan fingerprint density at radius 3 is 2.89 bits per heavy atom. The van der Waals surface area contributed by atoms with Gasteiger partial charge in [-0.3, -0.25) is 4.79 Å². The van der Waals surface area contributed by atoms with Crippen LogP contribution in [-0.4, -0.2) is 35.1 Å². The number of hydrogen-bond acceptors (Lipinski definition) is 5. The van der Waals surface area contributed by atoms with Crippen molar-refractivity contribution in [3.05, 3.63) is 40.6 Å². The SMILES string of the molecule is COC(=O)c1ccc(C(=O)NCCn2ccnc2)s1. The second kappa shape index (κ2) is 6.14. The van der Waals surface area contributed by atoms with Crippen LogP contribution in [0.3, 0.4) is 0 Å². The van der Waals surface area contributed by atoms with Crippen LogP contribution in [0.15, 0.2) is 30.9 Å². The first-order chi connectivity index (χ1) is 9.20. The summed E-state index contributed by atoms with van der Waals surface area (Å²) in [7, 11) is 1.31. The lowest BCUT2D eigenvalue weighted by molar-refractivity contribution is 0.0606. The summed E-state index contributed by atoms with van der Waals surface area (Å²) in [5.74, 6) is -0.622. The molecule has 7 heteroatoms. The van der Waals surface area contributed by atoms with Gasteiger partial charge in [0.25, 0.3) is 5.91 Å². The molecule has 0 unspecified atom stereocenters. The van der Waals surface area contributed by atoms with E-state index < -0.39 is 5.97 Å². The summed E-state index contributed by atoms with van der Waals surface area (Å²) >= 11 is 1.12. The lowest BCUT2D eigenvalue weighted by Crippen LogP contribution is -2.26. The van der Waals surface area contributed by atoms with Crippen LogP contribution in [0, 0.1) is 0 Å². The first-order valence-corrected chi connectivity index (χ1v) is 6.44. The summed E-state index contributed by atoms with van der Waals surface area (Å²) in [6.45, 7) is 1.15. The maximum absolute atomic E-state index is 11.8. The van der Waals surface area contributed by atoms with Crippen LogP contribution in [0.5, 0.6) is 0 Å². The highest BCUT2D eigenvalue weighted by molar-refractivity contribution is 7.15. The second-order valence-corrected chi connectivity index (χ2v) is 4.80. The molecule has 0 aliphatic heterocycles. The van der Waals surface area contributed by atoms with Crippen molar-refractivity contribution in [2.45, 2.75) is 6.54 Å². The summed E-state index contributed by atoms with van der Waals surface area (Å²) in [6.07, 6.45) is 5.20. The lowest BCUT2D eigenvalue weighted by Gasteiger charge is -2.03. The van der Waals surface area contributed by atoms with Crippen LogP contribution in [-0.2, 0) is 11.3 Å². The second-order valence-electron chi connectivity index (χ2n) is 3.71. The molecule has 0 spiro atoms. The van der Waals surface area contributed by atoms with Gasteiger partial charge in [-0.05, 0) is 12.1 Å². The molecular formula is C12H13N3O3S. The number of carbonyl (C=O) groups is 2. The Hall–Kier alpha value is -2.15. The van der Waals surface area contributed by atoms with E-state index >= 15 is 0 Å². The lowest BCUT2D eigenvalue weighted by atomic mass is 10.4. The number of imidazole rings is 1. The van der Waals surface area contributed by atoms with Gasteiger partial charge in [0.15, 0.2) is 0 Å². The molecular weight excluding hydrogens is 266 g/mol. The maximum Gasteiger partial charge on any atom is 0.348 e. The quantitative estimate of drug-likeness (QED) is 0.834. The fourth-order valence-corrected chi connectivity index (χ4v) is 2.32. The predicted molar refractivity (Wildman–Crippen MR) is 70.2 cm³/mol. The van der Waals surface area contributed by atoms with Crippen molar-refractivity contribution in [3.63, 3.8) is 0 Å². The molecule has 0 radical (unpaired) electrons. The minimum absolute atomic E-state index is 0.194. The van der Waals surface area contributed by atoms with Crippen molar-refractivity contribution < 1.29 is 14.3 Å². The number of rotatable bonds is 5. The van der Waals surface area contributed by atoms with Crippen LogP contribution in [0.4, 0.5) is 0 Å². The Morgan fingerprint density at radius 1 is 1.42 bits per heavy atom. The molecule has 0 fully saturated rings. The molecule has 0 saturated carbocycles. The fraction of sp³-hybridized carbons (Fsp3) is 0.250. The van der Waals surface area contributed by atoms with Crippen molar-refractivity contribution in [3.8, 4) is 0 Å². The van der Waals surface area contributed by atoms with Gasteiger partial charge in [-0.1, -0.05) is 0 Å². The normalized spacial score (nSPS) is 10.2. The molecule has 1 N–H and O–H groups in total. The topological polar surface area (TPSA) is 73.2 Å². The molecule has 0 bridgehead atoms. The van der Waals surface area contributed by atoms with Crippen LogP contribution in [0.2, 0.25) is 0 Å². The Labute approximate surface area is 114 Å². The highest BCUT2D eigenvalue weighted by atomic mass is 32.1. The summed E-state index contributed by atoms with van der Waals surface area (Å²) < 4.78 is 6.46. The van der Waals surface area contributed by atoms with Gasteiger partial charge >= 0.3 is 5.97 Å². The molecule has 0 aliphatic carbocycles. The monoisotopic (exact) mass is 279 g/mol. The van der Waals surface area contributed by atoms with Gasteiger partial charge < -0.3 is 14.6 Å². The van der Waals surface area contributed by atoms with Gasteiger partial charge in [-0.25, -0.2) is 9.78 Å². The average molecular weight is 279 g/mol. The Balaban J connectivity index is 1.86. The molecule has 0 atom stereocenters. The molecule has 0 aromatic carbocycles. The number of thiophene rings is 1. The number of esters is 1. The number of methoxy groups -OCH3 is 1. The third-order valence-corrected chi connectivity index (χ3v) is 3.50. The molecule has 2 heterocycles. The van der Waals surface area contributed by atoms with Gasteiger partial charge in [0, 0.05) is 25.5 Å². The predicted octanol–water partition coefficient (Wildman–Crippen LogP) is 1.16. The van der Waals surface area contributed by atoms with Crippen molar-refractivity contribution in [2.75, 3.05) is 13.7 Å². The van der Waals surface area contributed by atoms with Crippen molar-refractivity contribution in [2.24, 2.45) is 0 Å². The van der Waals surface area contributed by atoms with Gasteiger partial charge in [-0.2, -0.15) is 0 Å². The molecule has 100 valence electrons. The highest BCUT2D eigenvalue weighted by Crippen LogP contribution is 2.17. The van der Waals surface area contributed by atoms with Gasteiger partial charge in [-0.15, -0.1) is 11.3 Å². The summed E-state index contributed by atoms with van der Waals surface area (Å²) in [6, 6.07) is 3.20. The van der Waals surface area contributed by atoms with E-state index in [1.54, 1.807) is 24.7 Å². The number of nitrogens with zero attached hydrogens (tertiary/aromatic N) is 2. The van der Waals surface area contributed by atoms with Gasteiger partial charge in [0.05, 0.1) is 18.3 Å². The van der Waals surface area contributed by atoms with Crippen LogP contribution < -0.4 is 5.32 Å². The van der Waals surface area contributed by atoms with Crippen molar-refractivity contribution in [1.29, 1.82) is 0 Å². The van der Waals surface area contributed by atoms with Crippen LogP contribution >= 0.6 is 11.3 Å². The van der Waals surface area contributed by atoms with E-state index in [0.29, 0.717) is 22.8 Å². The van der Waals surface area contributed by atoms with E-state index in [4.69, 9.17) is 0 Å². The first-order valence-electron chi connectivity index (χ1n) is 5.63. The summed E-state index contributed by atoms with van der Waals surface area (Å²) in [5.41, 5.74) is 0. The third-order valence-electron chi connectivity index (χ3n) is 2.43. The molecule has 6 nitrogen and oxygen atoms in total. The number of amides is 1. The average Bonchev–Trinajstić information content (AvgIpc) is 3.08. The van der Waals surface area contributed by atoms with E-state index in [1.807, 2.05) is 10.8 Å². The summed E-state index contributed by atoms with van der Waals surface area (Å²) in [4.78, 5) is 27.9. The molecule has 0 saturated heterocycles. The zero-order valence-corrected chi connectivity index (χ0v) is 11.1. The number of hydrogen-bond donors (Lipinski definition) is 1. The smallest absolute Gasteiger partial charge is 0.348 e. The summed E-state index contributed by atoms with van der Waals surface area (Å²) in [5, 5.41) is 2.78. The van der Waals surface area contributed by atoms with E-state index in [0.717, 1.165) is 11.3 Å². The zero-order valence-electron chi connectivity index (χ0n) is 10.3. The Bertz CT molecular complexity index is 563. The number of nitrogens with one attached hydrogen (secondary N) is 1. The van der Waals surface area contributed by atoms with Gasteiger partial charge in [0.1, 0.15) is 4.88 Å². The van der Waals surface area contributed by atoms with E-state index in [9.17, 15) is 9.59 Å². The van der Waals surface area contributed by atoms with E-state index in [2.05, 4.69) is 15.0 Å². The number of aromatic nitrogens is 2. The zero-order chi connectivity index (χ0) is 13.7. The van der Waals surface area contributed by atoms with Crippen molar-refractivity contribution in [1.82, 2.24) is 14.9 Å². The molecule has 2 aromatic heterocycles. The van der Waals surface area contributed by atoms with E-state index in [-0.39, 0.29) is 5.91 Å². The third kappa shape index (κ3) is 3.41. The highest BCUT2D eigenvalue weighted by Gasteiger charge is 2.13. The fourth-order valence-electron chi connectivity index (χ4n) is 1.47. The number of ether oxygens (including phenoxy) is 1. The van der Waals surface area contributed by atoms with Gasteiger partial charge in [0.2, 0.25) is 0 Å². The number of carbonyl (C=O) groups excluding carboxylic acids is 2. The molecule has 0 aliphatic rings. The molecule has 2 aromatic rings. The van der Waals surface area contributed by atoms with Crippen molar-refractivity contribution >= 4 is 23.2 Å². The molecule has 1 amide bonds. The minimum atomic E-state index is -0.428. The maximum atomic E-state index is 11.8. The minimum Gasteiger partial charge on any atom is -0.465 e. The molecule has 19 heavy (non-hydrogen) atoms. The standard InChI is InChI=1S/C12H13N3O3S/c1-18-12(17)10-3-2-9(19-10)11(16)14-5-7-15-6-4-13-8-15/h2-4,6,8H,5,7H2,1H3,(H,14,16). The molecule has 2 rings (SSSR count). The van der Waals surface area contributed by atoms with Crippen LogP contribution in [0.1, 0.15) is 19.3 Å². The first kappa shape index (κ1) is 13.3. The van der Waals surface area contributed by atoms with Crippen LogP contribution in [0.25, 0.3) is 0 Å². The van der Waals surface area contributed by atoms with E-state index in [1.165, 1.54) is 7.11 Å².